The van der Waals surface area contributed by atoms with Gasteiger partial charge >= 0.3 is 5.97 Å². The molecule has 4 rings (SSSR count). The van der Waals surface area contributed by atoms with Crippen LogP contribution in [0.25, 0.3) is 17.3 Å². The van der Waals surface area contributed by atoms with Crippen molar-refractivity contribution in [3.05, 3.63) is 80.9 Å². The SMILES string of the molecule is CCOC(=O)C(=Cc1cc(-c2cc(C(=S)NCc3ccc(=O)[nH]c3)nn2C)ccc1C)CC1CCC1. The molecule has 0 saturated heterocycles. The molecule has 188 valence electrons. The van der Waals surface area contributed by atoms with Gasteiger partial charge in [-0.3, -0.25) is 9.48 Å². The summed E-state index contributed by atoms with van der Waals surface area (Å²) in [6.07, 6.45) is 7.99. The smallest absolute Gasteiger partial charge is 0.334 e. The maximum atomic E-state index is 12.7. The van der Waals surface area contributed by atoms with Gasteiger partial charge in [0.05, 0.1) is 12.3 Å². The number of aryl methyl sites for hydroxylation is 2. The number of pyridine rings is 1. The van der Waals surface area contributed by atoms with Crippen LogP contribution < -0.4 is 10.9 Å². The molecule has 8 heteroatoms. The highest BCUT2D eigenvalue weighted by Crippen LogP contribution is 2.34. The first-order valence-electron chi connectivity index (χ1n) is 12.3. The molecule has 1 aliphatic carbocycles. The second kappa shape index (κ2) is 11.5. The summed E-state index contributed by atoms with van der Waals surface area (Å²) in [5.41, 5.74) is 6.18. The summed E-state index contributed by atoms with van der Waals surface area (Å²) in [6.45, 7) is 4.74. The van der Waals surface area contributed by atoms with Gasteiger partial charge in [-0.25, -0.2) is 4.79 Å². The van der Waals surface area contributed by atoms with E-state index in [2.05, 4.69) is 33.6 Å². The zero-order valence-electron chi connectivity index (χ0n) is 21.0. The summed E-state index contributed by atoms with van der Waals surface area (Å²) in [5, 5.41) is 7.80. The fourth-order valence-corrected chi connectivity index (χ4v) is 4.42. The Labute approximate surface area is 216 Å². The fourth-order valence-electron chi connectivity index (χ4n) is 4.25. The first kappa shape index (κ1) is 25.6. The summed E-state index contributed by atoms with van der Waals surface area (Å²) in [5.74, 6) is 0.337. The molecule has 36 heavy (non-hydrogen) atoms. The molecule has 1 aliphatic rings. The fraction of sp³-hybridized carbons (Fsp3) is 0.357. The van der Waals surface area contributed by atoms with E-state index in [-0.39, 0.29) is 11.5 Å². The largest absolute Gasteiger partial charge is 0.463 e. The molecule has 1 aromatic carbocycles. The number of hydrogen-bond donors (Lipinski definition) is 2. The number of benzene rings is 1. The van der Waals surface area contributed by atoms with Crippen molar-refractivity contribution in [3.63, 3.8) is 0 Å². The van der Waals surface area contributed by atoms with Crippen LogP contribution in [0.4, 0.5) is 0 Å². The maximum absolute atomic E-state index is 12.7. The number of hydrogen-bond acceptors (Lipinski definition) is 5. The van der Waals surface area contributed by atoms with Gasteiger partial charge < -0.3 is 15.0 Å². The molecule has 7 nitrogen and oxygen atoms in total. The summed E-state index contributed by atoms with van der Waals surface area (Å²) in [4.78, 5) is 27.1. The number of aromatic amines is 1. The van der Waals surface area contributed by atoms with Crippen LogP contribution in [0.3, 0.4) is 0 Å². The van der Waals surface area contributed by atoms with E-state index in [1.54, 1.807) is 12.3 Å². The van der Waals surface area contributed by atoms with E-state index in [4.69, 9.17) is 17.0 Å². The van der Waals surface area contributed by atoms with E-state index < -0.39 is 0 Å². The minimum Gasteiger partial charge on any atom is -0.463 e. The van der Waals surface area contributed by atoms with Crippen LogP contribution in [-0.4, -0.2) is 32.3 Å². The zero-order chi connectivity index (χ0) is 25.7. The Balaban J connectivity index is 1.55. The number of thiocarbonyl (C=S) groups is 1. The third-order valence-electron chi connectivity index (χ3n) is 6.59. The Bertz CT molecular complexity index is 1330. The molecule has 0 amide bonds. The topological polar surface area (TPSA) is 89.0 Å². The number of nitrogens with zero attached hydrogens (tertiary/aromatic N) is 2. The average molecular weight is 505 g/mol. The van der Waals surface area contributed by atoms with Gasteiger partial charge in [0, 0.05) is 37.0 Å². The predicted molar refractivity (Wildman–Crippen MR) is 146 cm³/mol. The molecule has 0 atom stereocenters. The molecule has 0 bridgehead atoms. The molecule has 2 N–H and O–H groups in total. The molecule has 3 aromatic rings. The lowest BCUT2D eigenvalue weighted by Crippen LogP contribution is -2.22. The molecule has 0 aliphatic heterocycles. The van der Waals surface area contributed by atoms with Gasteiger partial charge in [0.1, 0.15) is 10.7 Å². The predicted octanol–water partition coefficient (Wildman–Crippen LogP) is 4.69. The van der Waals surface area contributed by atoms with Gasteiger partial charge in [0.2, 0.25) is 5.56 Å². The standard InChI is InChI=1S/C28H32N4O3S/c1-4-35-28(34)23(12-19-6-5-7-19)14-22-13-21(10-8-18(22)2)25-15-24(31-32(25)3)27(36)30-17-20-9-11-26(33)29-16-20/h8-11,13-16,19H,4-7,12,17H2,1-3H3,(H,29,33)(H,30,36). The minimum atomic E-state index is -0.226. The van der Waals surface area contributed by atoms with Crippen molar-refractivity contribution in [1.82, 2.24) is 20.1 Å². The zero-order valence-corrected chi connectivity index (χ0v) is 21.8. The number of carbonyl (C=O) groups is 1. The van der Waals surface area contributed by atoms with Gasteiger partial charge in [-0.05, 0) is 61.1 Å². The van der Waals surface area contributed by atoms with Crippen LogP contribution >= 0.6 is 12.2 Å². The Kier molecular flexibility index (Phi) is 8.15. The second-order valence-electron chi connectivity index (χ2n) is 9.24. The van der Waals surface area contributed by atoms with Crippen LogP contribution in [0, 0.1) is 12.8 Å². The van der Waals surface area contributed by atoms with E-state index in [9.17, 15) is 9.59 Å². The molecule has 0 spiro atoms. The normalized spacial score (nSPS) is 13.8. The van der Waals surface area contributed by atoms with Crippen LogP contribution in [0.5, 0.6) is 0 Å². The van der Waals surface area contributed by atoms with Crippen LogP contribution in [0.15, 0.2) is 53.0 Å². The number of nitrogens with one attached hydrogen (secondary N) is 2. The summed E-state index contributed by atoms with van der Waals surface area (Å²) in [7, 11) is 1.89. The van der Waals surface area contributed by atoms with Crippen molar-refractivity contribution in [1.29, 1.82) is 0 Å². The van der Waals surface area contributed by atoms with Crippen molar-refractivity contribution in [2.24, 2.45) is 13.0 Å². The third-order valence-corrected chi connectivity index (χ3v) is 6.94. The number of H-pyrrole nitrogens is 1. The maximum Gasteiger partial charge on any atom is 0.334 e. The summed E-state index contributed by atoms with van der Waals surface area (Å²) < 4.78 is 7.16. The lowest BCUT2D eigenvalue weighted by atomic mass is 9.80. The molecule has 1 saturated carbocycles. The Morgan fingerprint density at radius 2 is 2.08 bits per heavy atom. The highest BCUT2D eigenvalue weighted by Gasteiger charge is 2.23. The first-order chi connectivity index (χ1) is 17.3. The van der Waals surface area contributed by atoms with E-state index in [1.165, 1.54) is 25.3 Å². The molecule has 2 aromatic heterocycles. The molecule has 2 heterocycles. The van der Waals surface area contributed by atoms with Gasteiger partial charge in [0.25, 0.3) is 0 Å². The van der Waals surface area contributed by atoms with Crippen molar-refractivity contribution < 1.29 is 9.53 Å². The first-order valence-corrected chi connectivity index (χ1v) is 12.7. The van der Waals surface area contributed by atoms with E-state index in [0.717, 1.165) is 39.9 Å². The number of ether oxygens (including phenoxy) is 1. The molecule has 1 fully saturated rings. The highest BCUT2D eigenvalue weighted by molar-refractivity contribution is 7.80. The van der Waals surface area contributed by atoms with Gasteiger partial charge in [0.15, 0.2) is 0 Å². The second-order valence-corrected chi connectivity index (χ2v) is 9.65. The molecule has 0 unspecified atom stereocenters. The van der Waals surface area contributed by atoms with Gasteiger partial charge in [-0.1, -0.05) is 49.7 Å². The molecular formula is C28H32N4O3S. The van der Waals surface area contributed by atoms with Crippen LogP contribution in [0.2, 0.25) is 0 Å². The van der Waals surface area contributed by atoms with Crippen LogP contribution in [-0.2, 0) is 23.1 Å². The average Bonchev–Trinajstić information content (AvgIpc) is 3.23. The molecule has 0 radical (unpaired) electrons. The lowest BCUT2D eigenvalue weighted by Gasteiger charge is -2.26. The summed E-state index contributed by atoms with van der Waals surface area (Å²) >= 11 is 5.56. The van der Waals surface area contributed by atoms with E-state index in [1.807, 2.05) is 37.7 Å². The summed E-state index contributed by atoms with van der Waals surface area (Å²) in [6, 6.07) is 11.4. The van der Waals surface area contributed by atoms with E-state index >= 15 is 0 Å². The number of esters is 1. The Morgan fingerprint density at radius 3 is 2.75 bits per heavy atom. The number of rotatable bonds is 9. The highest BCUT2D eigenvalue weighted by atomic mass is 32.1. The number of aromatic nitrogens is 3. The Morgan fingerprint density at radius 1 is 1.28 bits per heavy atom. The minimum absolute atomic E-state index is 0.138. The third kappa shape index (κ3) is 6.18. The van der Waals surface area contributed by atoms with Crippen LogP contribution in [0.1, 0.15) is 55.0 Å². The monoisotopic (exact) mass is 504 g/mol. The van der Waals surface area contributed by atoms with Crippen molar-refractivity contribution >= 4 is 29.3 Å². The Hall–Kier alpha value is -3.52. The number of carbonyl (C=O) groups excluding carboxylic acids is 1. The van der Waals surface area contributed by atoms with Crippen molar-refractivity contribution in [2.45, 2.75) is 46.1 Å². The lowest BCUT2D eigenvalue weighted by molar-refractivity contribution is -0.138. The van der Waals surface area contributed by atoms with Crippen molar-refractivity contribution in [2.75, 3.05) is 6.61 Å². The van der Waals surface area contributed by atoms with Gasteiger partial charge in [-0.15, -0.1) is 0 Å². The van der Waals surface area contributed by atoms with Gasteiger partial charge in [-0.2, -0.15) is 5.10 Å². The van der Waals surface area contributed by atoms with Crippen molar-refractivity contribution in [3.8, 4) is 11.3 Å². The van der Waals surface area contributed by atoms with E-state index in [0.29, 0.717) is 29.8 Å². The quantitative estimate of drug-likeness (QED) is 0.250. The molecular weight excluding hydrogens is 472 g/mol.